The first-order valence-electron chi connectivity index (χ1n) is 7.64. The number of carbonyl (C=O) groups excluding carboxylic acids is 1. The summed E-state index contributed by atoms with van der Waals surface area (Å²) in [6, 6.07) is 10.2. The standard InChI is InChI=1S/C17H28N4O.HI/c1-6-19-15(22)17(2,3)13-20-16(18-4)21(5)12-14-10-8-7-9-11-14;/h7-11H,6,12-13H2,1-5H3,(H,18,20)(H,19,22);1H. The van der Waals surface area contributed by atoms with Gasteiger partial charge >= 0.3 is 0 Å². The largest absolute Gasteiger partial charge is 0.356 e. The Kier molecular flexibility index (Phi) is 9.87. The van der Waals surface area contributed by atoms with E-state index < -0.39 is 5.41 Å². The number of halogens is 1. The molecule has 1 aromatic rings. The van der Waals surface area contributed by atoms with Crippen LogP contribution in [0.3, 0.4) is 0 Å². The van der Waals surface area contributed by atoms with Gasteiger partial charge in [0.2, 0.25) is 5.91 Å². The molecule has 0 aromatic heterocycles. The third-order valence-corrected chi connectivity index (χ3v) is 3.48. The van der Waals surface area contributed by atoms with Crippen molar-refractivity contribution in [2.45, 2.75) is 27.3 Å². The zero-order valence-corrected chi connectivity index (χ0v) is 17.0. The van der Waals surface area contributed by atoms with Crippen molar-refractivity contribution in [2.24, 2.45) is 10.4 Å². The van der Waals surface area contributed by atoms with E-state index in [1.165, 1.54) is 5.56 Å². The van der Waals surface area contributed by atoms with Crippen molar-refractivity contribution in [3.05, 3.63) is 35.9 Å². The maximum atomic E-state index is 12.0. The quantitative estimate of drug-likeness (QED) is 0.413. The second-order valence-corrected chi connectivity index (χ2v) is 5.99. The zero-order valence-electron chi connectivity index (χ0n) is 14.7. The molecule has 0 atom stereocenters. The molecule has 0 unspecified atom stereocenters. The highest BCUT2D eigenvalue weighted by Gasteiger charge is 2.27. The third-order valence-electron chi connectivity index (χ3n) is 3.48. The lowest BCUT2D eigenvalue weighted by Crippen LogP contribution is -2.48. The Morgan fingerprint density at radius 3 is 2.35 bits per heavy atom. The van der Waals surface area contributed by atoms with Gasteiger partial charge in [-0.25, -0.2) is 0 Å². The highest BCUT2D eigenvalue weighted by atomic mass is 127. The van der Waals surface area contributed by atoms with E-state index >= 15 is 0 Å². The van der Waals surface area contributed by atoms with Gasteiger partial charge in [0, 0.05) is 33.7 Å². The van der Waals surface area contributed by atoms with Crippen LogP contribution in [-0.4, -0.2) is 44.0 Å². The monoisotopic (exact) mass is 432 g/mol. The molecule has 1 rings (SSSR count). The maximum Gasteiger partial charge on any atom is 0.227 e. The van der Waals surface area contributed by atoms with Crippen LogP contribution in [0.15, 0.2) is 35.3 Å². The Balaban J connectivity index is 0.00000484. The summed E-state index contributed by atoms with van der Waals surface area (Å²) in [6.45, 7) is 7.72. The predicted octanol–water partition coefficient (Wildman–Crippen LogP) is 2.47. The average Bonchev–Trinajstić information content (AvgIpc) is 2.49. The highest BCUT2D eigenvalue weighted by molar-refractivity contribution is 14.0. The Morgan fingerprint density at radius 2 is 1.83 bits per heavy atom. The third kappa shape index (κ3) is 7.20. The summed E-state index contributed by atoms with van der Waals surface area (Å²) in [7, 11) is 3.74. The molecule has 0 aliphatic carbocycles. The number of hydrogen-bond acceptors (Lipinski definition) is 2. The molecular weight excluding hydrogens is 403 g/mol. The second-order valence-electron chi connectivity index (χ2n) is 5.99. The minimum absolute atomic E-state index is 0. The number of hydrogen-bond donors (Lipinski definition) is 2. The number of nitrogens with one attached hydrogen (secondary N) is 2. The van der Waals surface area contributed by atoms with Gasteiger partial charge in [-0.3, -0.25) is 9.79 Å². The van der Waals surface area contributed by atoms with E-state index in [4.69, 9.17) is 0 Å². The number of nitrogens with zero attached hydrogens (tertiary/aromatic N) is 2. The summed E-state index contributed by atoms with van der Waals surface area (Å²) in [5.74, 6) is 0.824. The summed E-state index contributed by atoms with van der Waals surface area (Å²) in [5.41, 5.74) is 0.732. The van der Waals surface area contributed by atoms with Crippen molar-refractivity contribution in [3.8, 4) is 0 Å². The van der Waals surface area contributed by atoms with Crippen molar-refractivity contribution >= 4 is 35.8 Å². The van der Waals surface area contributed by atoms with Gasteiger partial charge < -0.3 is 15.5 Å². The van der Waals surface area contributed by atoms with Crippen LogP contribution in [-0.2, 0) is 11.3 Å². The van der Waals surface area contributed by atoms with Crippen LogP contribution in [0.4, 0.5) is 0 Å². The van der Waals surface area contributed by atoms with Crippen molar-refractivity contribution in [3.63, 3.8) is 0 Å². The van der Waals surface area contributed by atoms with Gasteiger partial charge in [-0.2, -0.15) is 0 Å². The minimum Gasteiger partial charge on any atom is -0.356 e. The van der Waals surface area contributed by atoms with Crippen molar-refractivity contribution < 1.29 is 4.79 Å². The summed E-state index contributed by atoms with van der Waals surface area (Å²) in [6.07, 6.45) is 0. The van der Waals surface area contributed by atoms with Crippen molar-refractivity contribution in [1.82, 2.24) is 15.5 Å². The van der Waals surface area contributed by atoms with Gasteiger partial charge in [-0.15, -0.1) is 24.0 Å². The van der Waals surface area contributed by atoms with E-state index in [0.29, 0.717) is 13.1 Å². The lowest BCUT2D eigenvalue weighted by atomic mass is 9.92. The van der Waals surface area contributed by atoms with Crippen LogP contribution in [0, 0.1) is 5.41 Å². The molecule has 6 heteroatoms. The lowest BCUT2D eigenvalue weighted by molar-refractivity contribution is -0.128. The van der Waals surface area contributed by atoms with Crippen molar-refractivity contribution in [1.29, 1.82) is 0 Å². The first-order chi connectivity index (χ1) is 10.4. The fraction of sp³-hybridized carbons (Fsp3) is 0.529. The topological polar surface area (TPSA) is 56.7 Å². The molecule has 0 saturated heterocycles. The lowest BCUT2D eigenvalue weighted by Gasteiger charge is -2.28. The van der Waals surface area contributed by atoms with E-state index in [0.717, 1.165) is 12.5 Å². The molecule has 0 heterocycles. The number of guanidine groups is 1. The van der Waals surface area contributed by atoms with Crippen LogP contribution in [0.2, 0.25) is 0 Å². The molecule has 23 heavy (non-hydrogen) atoms. The molecule has 0 saturated carbocycles. The molecular formula is C17H29IN4O. The van der Waals surface area contributed by atoms with Crippen LogP contribution in [0.25, 0.3) is 0 Å². The highest BCUT2D eigenvalue weighted by Crippen LogP contribution is 2.13. The van der Waals surface area contributed by atoms with E-state index in [-0.39, 0.29) is 29.9 Å². The van der Waals surface area contributed by atoms with Crippen LogP contribution < -0.4 is 10.6 Å². The second kappa shape index (κ2) is 10.5. The molecule has 1 amide bonds. The van der Waals surface area contributed by atoms with E-state index in [9.17, 15) is 4.79 Å². The molecule has 0 aliphatic rings. The Bertz CT molecular complexity index is 503. The number of benzene rings is 1. The van der Waals surface area contributed by atoms with Gasteiger partial charge in [-0.1, -0.05) is 30.3 Å². The fourth-order valence-electron chi connectivity index (χ4n) is 2.10. The molecule has 0 radical (unpaired) electrons. The molecule has 0 fully saturated rings. The SMILES string of the molecule is CCNC(=O)C(C)(C)CNC(=NC)N(C)Cc1ccccc1.I. The smallest absolute Gasteiger partial charge is 0.227 e. The van der Waals surface area contributed by atoms with Gasteiger partial charge in [0.15, 0.2) is 5.96 Å². The van der Waals surface area contributed by atoms with E-state index in [1.807, 2.05) is 50.9 Å². The molecule has 5 nitrogen and oxygen atoms in total. The Hall–Kier alpha value is -1.31. The summed E-state index contributed by atoms with van der Waals surface area (Å²) >= 11 is 0. The zero-order chi connectivity index (χ0) is 16.6. The predicted molar refractivity (Wildman–Crippen MR) is 107 cm³/mol. The Labute approximate surface area is 157 Å². The molecule has 0 spiro atoms. The first kappa shape index (κ1) is 21.7. The average molecular weight is 432 g/mol. The van der Waals surface area contributed by atoms with Gasteiger partial charge in [0.05, 0.1) is 5.41 Å². The number of rotatable bonds is 6. The normalized spacial score (nSPS) is 11.4. The molecule has 0 aliphatic heterocycles. The fourth-order valence-corrected chi connectivity index (χ4v) is 2.10. The molecule has 130 valence electrons. The molecule has 2 N–H and O–H groups in total. The summed E-state index contributed by atoms with van der Waals surface area (Å²) < 4.78 is 0. The maximum absolute atomic E-state index is 12.0. The van der Waals surface area contributed by atoms with Crippen LogP contribution >= 0.6 is 24.0 Å². The van der Waals surface area contributed by atoms with Gasteiger partial charge in [0.25, 0.3) is 0 Å². The number of carbonyl (C=O) groups is 1. The summed E-state index contributed by atoms with van der Waals surface area (Å²) in [5, 5.41) is 6.15. The molecule has 1 aromatic carbocycles. The van der Waals surface area contributed by atoms with Crippen LogP contribution in [0.5, 0.6) is 0 Å². The van der Waals surface area contributed by atoms with Gasteiger partial charge in [-0.05, 0) is 26.3 Å². The number of aliphatic imine (C=N–C) groups is 1. The number of amides is 1. The minimum atomic E-state index is -0.487. The van der Waals surface area contributed by atoms with Crippen LogP contribution in [0.1, 0.15) is 26.3 Å². The van der Waals surface area contributed by atoms with E-state index in [1.54, 1.807) is 7.05 Å². The van der Waals surface area contributed by atoms with Gasteiger partial charge in [0.1, 0.15) is 0 Å². The Morgan fingerprint density at radius 1 is 1.22 bits per heavy atom. The first-order valence-corrected chi connectivity index (χ1v) is 7.64. The summed E-state index contributed by atoms with van der Waals surface area (Å²) in [4.78, 5) is 18.4. The van der Waals surface area contributed by atoms with E-state index in [2.05, 4.69) is 27.8 Å². The van der Waals surface area contributed by atoms with Crippen molar-refractivity contribution in [2.75, 3.05) is 27.2 Å². The molecule has 0 bridgehead atoms.